The fourth-order valence-electron chi connectivity index (χ4n) is 2.73. The van der Waals surface area contributed by atoms with Crippen molar-refractivity contribution in [3.8, 4) is 11.5 Å². The summed E-state index contributed by atoms with van der Waals surface area (Å²) in [6.07, 6.45) is -4.43. The molecule has 2 heterocycles. The van der Waals surface area contributed by atoms with Gasteiger partial charge in [0, 0.05) is 23.9 Å². The highest BCUT2D eigenvalue weighted by atomic mass is 32.1. The molecule has 0 atom stereocenters. The van der Waals surface area contributed by atoms with Crippen molar-refractivity contribution in [1.29, 1.82) is 0 Å². The molecule has 1 aromatic carbocycles. The zero-order chi connectivity index (χ0) is 21.1. The number of nitrogens with one attached hydrogen (secondary N) is 2. The van der Waals surface area contributed by atoms with Crippen LogP contribution < -0.4 is 20.1 Å². The fourth-order valence-corrected chi connectivity index (χ4v) is 3.45. The monoisotopic (exact) mass is 428 g/mol. The molecule has 6 nitrogen and oxygen atoms in total. The first-order valence-corrected chi connectivity index (χ1v) is 10.0. The Labute approximate surface area is 171 Å². The molecule has 0 amide bonds. The molecule has 0 saturated heterocycles. The summed E-state index contributed by atoms with van der Waals surface area (Å²) < 4.78 is 48.8. The van der Waals surface area contributed by atoms with Gasteiger partial charge in [0.2, 0.25) is 6.79 Å². The van der Waals surface area contributed by atoms with Gasteiger partial charge in [0.25, 0.3) is 0 Å². The van der Waals surface area contributed by atoms with Crippen LogP contribution in [-0.4, -0.2) is 30.8 Å². The van der Waals surface area contributed by atoms with Crippen LogP contribution in [0.15, 0.2) is 28.6 Å². The average molecular weight is 428 g/mol. The number of halogens is 3. The Balaban J connectivity index is 1.65. The summed E-state index contributed by atoms with van der Waals surface area (Å²) in [6.45, 7) is 7.56. The predicted molar refractivity (Wildman–Crippen MR) is 106 cm³/mol. The lowest BCUT2D eigenvalue weighted by Gasteiger charge is -2.27. The van der Waals surface area contributed by atoms with Crippen molar-refractivity contribution in [3.05, 3.63) is 39.8 Å². The van der Waals surface area contributed by atoms with E-state index in [1.807, 2.05) is 25.1 Å². The maximum Gasteiger partial charge on any atom is 0.434 e. The van der Waals surface area contributed by atoms with Gasteiger partial charge in [0.15, 0.2) is 23.2 Å². The van der Waals surface area contributed by atoms with E-state index in [1.165, 1.54) is 0 Å². The van der Waals surface area contributed by atoms with E-state index >= 15 is 0 Å². The summed E-state index contributed by atoms with van der Waals surface area (Å²) in [7, 11) is 0. The minimum absolute atomic E-state index is 0.0700. The molecule has 158 valence electrons. The molecular weight excluding hydrogens is 405 g/mol. The molecule has 0 bridgehead atoms. The number of rotatable bonds is 6. The standard InChI is InChI=1S/C19H23F3N4O2S/c1-4-23-17(24-8-16-26-15(9-29-16)19(20,21)22)25-10-18(2,3)12-5-6-13-14(7-12)28-11-27-13/h5-7,9H,4,8,10-11H2,1-3H3,(H2,23,24,25). The Morgan fingerprint density at radius 2 is 1.97 bits per heavy atom. The SMILES string of the molecule is CCNC(=NCc1nc(C(F)(F)F)cs1)NCC(C)(C)c1ccc2c(c1)OCO2. The first-order valence-electron chi connectivity index (χ1n) is 9.13. The molecule has 1 aliphatic rings. The van der Waals surface area contributed by atoms with Gasteiger partial charge in [-0.3, -0.25) is 0 Å². The van der Waals surface area contributed by atoms with E-state index in [0.29, 0.717) is 24.1 Å². The van der Waals surface area contributed by atoms with Gasteiger partial charge in [0.05, 0.1) is 6.54 Å². The molecule has 0 unspecified atom stereocenters. The van der Waals surface area contributed by atoms with Crippen molar-refractivity contribution in [3.63, 3.8) is 0 Å². The Morgan fingerprint density at radius 1 is 1.21 bits per heavy atom. The summed E-state index contributed by atoms with van der Waals surface area (Å²) in [5.41, 5.74) is -0.0589. The van der Waals surface area contributed by atoms with Crippen LogP contribution >= 0.6 is 11.3 Å². The van der Waals surface area contributed by atoms with E-state index in [1.54, 1.807) is 0 Å². The summed E-state index contributed by atoms with van der Waals surface area (Å²) in [5, 5.41) is 7.68. The fraction of sp³-hybridized carbons (Fsp3) is 0.474. The maximum atomic E-state index is 12.7. The van der Waals surface area contributed by atoms with Crippen molar-refractivity contribution < 1.29 is 22.6 Å². The van der Waals surface area contributed by atoms with E-state index in [4.69, 9.17) is 9.47 Å². The smallest absolute Gasteiger partial charge is 0.434 e. The Hall–Kier alpha value is -2.49. The molecule has 0 fully saturated rings. The summed E-state index contributed by atoms with van der Waals surface area (Å²) in [5.74, 6) is 1.97. The van der Waals surface area contributed by atoms with Crippen molar-refractivity contribution in [2.75, 3.05) is 19.9 Å². The third kappa shape index (κ3) is 5.31. The minimum Gasteiger partial charge on any atom is -0.454 e. The second kappa shape index (κ2) is 8.48. The number of alkyl halides is 3. The zero-order valence-corrected chi connectivity index (χ0v) is 17.2. The lowest BCUT2D eigenvalue weighted by atomic mass is 9.84. The van der Waals surface area contributed by atoms with Crippen LogP contribution in [0, 0.1) is 0 Å². The van der Waals surface area contributed by atoms with Crippen LogP contribution in [0.1, 0.15) is 37.0 Å². The van der Waals surface area contributed by atoms with Gasteiger partial charge in [-0.2, -0.15) is 13.2 Å². The van der Waals surface area contributed by atoms with Crippen LogP contribution in [0.2, 0.25) is 0 Å². The Morgan fingerprint density at radius 3 is 2.66 bits per heavy atom. The van der Waals surface area contributed by atoms with Crippen molar-refractivity contribution in [2.24, 2.45) is 4.99 Å². The lowest BCUT2D eigenvalue weighted by molar-refractivity contribution is -0.140. The second-order valence-corrected chi connectivity index (χ2v) is 8.07. The van der Waals surface area contributed by atoms with Gasteiger partial charge >= 0.3 is 6.18 Å². The van der Waals surface area contributed by atoms with E-state index in [2.05, 4.69) is 34.5 Å². The average Bonchev–Trinajstić information content (AvgIpc) is 3.32. The highest BCUT2D eigenvalue weighted by Crippen LogP contribution is 2.36. The summed E-state index contributed by atoms with van der Waals surface area (Å²) >= 11 is 0.949. The van der Waals surface area contributed by atoms with E-state index < -0.39 is 11.9 Å². The molecule has 2 N–H and O–H groups in total. The molecule has 0 saturated carbocycles. The van der Waals surface area contributed by atoms with Crippen LogP contribution in [0.4, 0.5) is 13.2 Å². The zero-order valence-electron chi connectivity index (χ0n) is 16.4. The molecule has 2 aromatic rings. The molecule has 10 heteroatoms. The first kappa shape index (κ1) is 21.2. The van der Waals surface area contributed by atoms with Crippen LogP contribution in [0.25, 0.3) is 0 Å². The number of ether oxygens (including phenoxy) is 2. The molecule has 29 heavy (non-hydrogen) atoms. The number of benzene rings is 1. The van der Waals surface area contributed by atoms with Crippen LogP contribution in [-0.2, 0) is 18.1 Å². The van der Waals surface area contributed by atoms with Gasteiger partial charge in [-0.1, -0.05) is 19.9 Å². The Bertz CT molecular complexity index is 881. The minimum atomic E-state index is -4.43. The number of hydrogen-bond donors (Lipinski definition) is 2. The van der Waals surface area contributed by atoms with Crippen LogP contribution in [0.5, 0.6) is 11.5 Å². The van der Waals surface area contributed by atoms with Gasteiger partial charge < -0.3 is 20.1 Å². The number of hydrogen-bond acceptors (Lipinski definition) is 5. The van der Waals surface area contributed by atoms with Crippen LogP contribution in [0.3, 0.4) is 0 Å². The number of guanidine groups is 1. The maximum absolute atomic E-state index is 12.7. The highest BCUT2D eigenvalue weighted by molar-refractivity contribution is 7.09. The van der Waals surface area contributed by atoms with E-state index in [-0.39, 0.29) is 18.8 Å². The summed E-state index contributed by atoms with van der Waals surface area (Å²) in [6, 6.07) is 5.84. The topological polar surface area (TPSA) is 67.8 Å². The molecule has 0 aliphatic carbocycles. The highest BCUT2D eigenvalue weighted by Gasteiger charge is 2.33. The van der Waals surface area contributed by atoms with Gasteiger partial charge in [-0.05, 0) is 24.6 Å². The number of thiazole rings is 1. The van der Waals surface area contributed by atoms with Gasteiger partial charge in [-0.25, -0.2) is 9.98 Å². The Kier molecular flexibility index (Phi) is 6.21. The van der Waals surface area contributed by atoms with Crippen molar-refractivity contribution in [2.45, 2.75) is 38.9 Å². The van der Waals surface area contributed by atoms with E-state index in [0.717, 1.165) is 33.8 Å². The first-order chi connectivity index (χ1) is 13.7. The molecule has 1 aliphatic heterocycles. The number of aliphatic imine (C=N–C) groups is 1. The van der Waals surface area contributed by atoms with Crippen molar-refractivity contribution in [1.82, 2.24) is 15.6 Å². The molecule has 3 rings (SSSR count). The van der Waals surface area contributed by atoms with Crippen molar-refractivity contribution >= 4 is 17.3 Å². The predicted octanol–water partition coefficient (Wildman–Crippen LogP) is 3.92. The molecule has 0 radical (unpaired) electrons. The molecular formula is C19H23F3N4O2S. The third-order valence-electron chi connectivity index (χ3n) is 4.41. The number of fused-ring (bicyclic) bond motifs is 1. The third-order valence-corrected chi connectivity index (χ3v) is 5.24. The van der Waals surface area contributed by atoms with E-state index in [9.17, 15) is 13.2 Å². The van der Waals surface area contributed by atoms with Gasteiger partial charge in [-0.15, -0.1) is 11.3 Å². The normalized spacial score (nSPS) is 14.2. The summed E-state index contributed by atoms with van der Waals surface area (Å²) in [4.78, 5) is 7.97. The second-order valence-electron chi connectivity index (χ2n) is 7.12. The van der Waals surface area contributed by atoms with Gasteiger partial charge in [0.1, 0.15) is 5.01 Å². The number of aromatic nitrogens is 1. The quantitative estimate of drug-likeness (QED) is 0.539. The molecule has 0 spiro atoms. The lowest BCUT2D eigenvalue weighted by Crippen LogP contribution is -2.43. The molecule has 1 aromatic heterocycles. The largest absolute Gasteiger partial charge is 0.454 e. The number of nitrogens with zero attached hydrogens (tertiary/aromatic N) is 2.